The van der Waals surface area contributed by atoms with Crippen molar-refractivity contribution in [3.8, 4) is 5.75 Å². The largest absolute Gasteiger partial charge is 0.462 e. The van der Waals surface area contributed by atoms with Crippen LogP contribution in [0.4, 0.5) is 18.9 Å². The molecule has 0 unspecified atom stereocenters. The summed E-state index contributed by atoms with van der Waals surface area (Å²) in [6, 6.07) is 1.85. The normalized spacial score (nSPS) is 10.4. The van der Waals surface area contributed by atoms with E-state index in [1.54, 1.807) is 6.92 Å². The van der Waals surface area contributed by atoms with Crippen LogP contribution in [0.2, 0.25) is 0 Å². The highest BCUT2D eigenvalue weighted by Crippen LogP contribution is 2.30. The molecule has 0 saturated heterocycles. The average molecular weight is 249 g/mol. The lowest BCUT2D eigenvalue weighted by atomic mass is 10.1. The monoisotopic (exact) mass is 249 g/mol. The second kappa shape index (κ2) is 5.42. The first-order chi connectivity index (χ1) is 7.97. The van der Waals surface area contributed by atoms with E-state index in [4.69, 9.17) is 5.73 Å². The number of nitrogen functional groups attached to an aromatic ring is 1. The van der Waals surface area contributed by atoms with Gasteiger partial charge in [0.25, 0.3) is 0 Å². The van der Waals surface area contributed by atoms with E-state index in [2.05, 4.69) is 9.47 Å². The standard InChI is InChI=1S/C10H10F3NO3/c1-2-16-9(15)5-3-4-6(11)8(7(5)14)17-10(12)13/h3-4,10H,2,14H2,1H3. The first kappa shape index (κ1) is 13.1. The quantitative estimate of drug-likeness (QED) is 0.656. The lowest BCUT2D eigenvalue weighted by molar-refractivity contribution is -0.0517. The Morgan fingerprint density at radius 2 is 2.12 bits per heavy atom. The SMILES string of the molecule is CCOC(=O)c1ccc(F)c(OC(F)F)c1N. The van der Waals surface area contributed by atoms with Gasteiger partial charge >= 0.3 is 12.6 Å². The third kappa shape index (κ3) is 3.02. The number of nitrogens with two attached hydrogens (primary N) is 1. The van der Waals surface area contributed by atoms with E-state index in [0.717, 1.165) is 12.1 Å². The fourth-order valence-electron chi connectivity index (χ4n) is 1.17. The molecule has 17 heavy (non-hydrogen) atoms. The molecule has 0 bridgehead atoms. The Morgan fingerprint density at radius 1 is 1.47 bits per heavy atom. The molecule has 0 aliphatic heterocycles. The van der Waals surface area contributed by atoms with Crippen molar-refractivity contribution >= 4 is 11.7 Å². The molecule has 0 radical (unpaired) electrons. The van der Waals surface area contributed by atoms with E-state index < -0.39 is 29.8 Å². The maximum atomic E-state index is 13.1. The summed E-state index contributed by atoms with van der Waals surface area (Å²) in [4.78, 5) is 11.3. The van der Waals surface area contributed by atoms with Gasteiger partial charge in [0.05, 0.1) is 17.9 Å². The van der Waals surface area contributed by atoms with Gasteiger partial charge in [0.1, 0.15) is 0 Å². The molecule has 94 valence electrons. The zero-order valence-corrected chi connectivity index (χ0v) is 8.88. The van der Waals surface area contributed by atoms with Crippen LogP contribution in [0.5, 0.6) is 5.75 Å². The van der Waals surface area contributed by atoms with Gasteiger partial charge in [-0.2, -0.15) is 8.78 Å². The molecule has 1 aromatic carbocycles. The summed E-state index contributed by atoms with van der Waals surface area (Å²) in [6.45, 7) is -1.58. The van der Waals surface area contributed by atoms with Gasteiger partial charge in [0.2, 0.25) is 0 Å². The zero-order chi connectivity index (χ0) is 13.0. The summed E-state index contributed by atoms with van der Waals surface area (Å²) in [5.41, 5.74) is 4.64. The van der Waals surface area contributed by atoms with Gasteiger partial charge in [-0.15, -0.1) is 0 Å². The van der Waals surface area contributed by atoms with Crippen molar-refractivity contribution < 1.29 is 27.4 Å². The van der Waals surface area contributed by atoms with E-state index in [0.29, 0.717) is 0 Å². The summed E-state index contributed by atoms with van der Waals surface area (Å²) in [6.07, 6.45) is 0. The molecule has 0 aliphatic rings. The van der Waals surface area contributed by atoms with Crippen LogP contribution in [-0.2, 0) is 4.74 Å². The molecule has 1 rings (SSSR count). The third-order valence-electron chi connectivity index (χ3n) is 1.85. The molecule has 0 amide bonds. The predicted molar refractivity (Wildman–Crippen MR) is 53.4 cm³/mol. The van der Waals surface area contributed by atoms with Crippen molar-refractivity contribution in [2.75, 3.05) is 12.3 Å². The highest BCUT2D eigenvalue weighted by molar-refractivity contribution is 5.96. The molecule has 7 heteroatoms. The van der Waals surface area contributed by atoms with E-state index in [9.17, 15) is 18.0 Å². The topological polar surface area (TPSA) is 61.5 Å². The Morgan fingerprint density at radius 3 is 2.65 bits per heavy atom. The molecule has 0 fully saturated rings. The molecular weight excluding hydrogens is 239 g/mol. The maximum Gasteiger partial charge on any atom is 0.387 e. The van der Waals surface area contributed by atoms with Crippen LogP contribution in [0.25, 0.3) is 0 Å². The second-order valence-electron chi connectivity index (χ2n) is 2.94. The number of halogens is 3. The molecular formula is C10H10F3NO3. The molecule has 0 spiro atoms. The number of rotatable bonds is 4. The minimum absolute atomic E-state index is 0.0840. The Kier molecular flexibility index (Phi) is 4.19. The van der Waals surface area contributed by atoms with Crippen LogP contribution >= 0.6 is 0 Å². The predicted octanol–water partition coefficient (Wildman–Crippen LogP) is 2.19. The molecule has 0 aromatic heterocycles. The van der Waals surface area contributed by atoms with Crippen molar-refractivity contribution in [1.29, 1.82) is 0 Å². The molecule has 1 aromatic rings. The number of carbonyl (C=O) groups is 1. The number of ether oxygens (including phenoxy) is 2. The summed E-state index contributed by atoms with van der Waals surface area (Å²) in [5.74, 6) is -2.76. The van der Waals surface area contributed by atoms with Gasteiger partial charge in [-0.3, -0.25) is 0 Å². The molecule has 2 N–H and O–H groups in total. The highest BCUT2D eigenvalue weighted by Gasteiger charge is 2.20. The fourth-order valence-corrected chi connectivity index (χ4v) is 1.17. The molecule has 0 saturated carbocycles. The molecule has 0 heterocycles. The van der Waals surface area contributed by atoms with Gasteiger partial charge in [0, 0.05) is 0 Å². The van der Waals surface area contributed by atoms with Crippen molar-refractivity contribution in [1.82, 2.24) is 0 Å². The van der Waals surface area contributed by atoms with Gasteiger partial charge < -0.3 is 15.2 Å². The Labute approximate surface area is 95.1 Å². The number of anilines is 1. The van der Waals surface area contributed by atoms with Crippen LogP contribution in [0.1, 0.15) is 17.3 Å². The van der Waals surface area contributed by atoms with E-state index >= 15 is 0 Å². The molecule has 0 aliphatic carbocycles. The minimum atomic E-state index is -3.23. The van der Waals surface area contributed by atoms with Gasteiger partial charge in [-0.25, -0.2) is 9.18 Å². The van der Waals surface area contributed by atoms with Crippen LogP contribution in [0, 0.1) is 5.82 Å². The van der Waals surface area contributed by atoms with Gasteiger partial charge in [-0.1, -0.05) is 0 Å². The lowest BCUT2D eigenvalue weighted by Crippen LogP contribution is -2.12. The van der Waals surface area contributed by atoms with Crippen molar-refractivity contribution in [2.45, 2.75) is 13.5 Å². The number of alkyl halides is 2. The summed E-state index contributed by atoms with van der Waals surface area (Å²) >= 11 is 0. The summed E-state index contributed by atoms with van der Waals surface area (Å²) in [7, 11) is 0. The Hall–Kier alpha value is -1.92. The number of hydrogen-bond donors (Lipinski definition) is 1. The Balaban J connectivity index is 3.14. The van der Waals surface area contributed by atoms with E-state index in [-0.39, 0.29) is 12.2 Å². The van der Waals surface area contributed by atoms with Crippen LogP contribution in [0.3, 0.4) is 0 Å². The van der Waals surface area contributed by atoms with Crippen molar-refractivity contribution in [3.63, 3.8) is 0 Å². The first-order valence-electron chi connectivity index (χ1n) is 4.67. The third-order valence-corrected chi connectivity index (χ3v) is 1.85. The number of carbonyl (C=O) groups excluding carboxylic acids is 1. The molecule has 4 nitrogen and oxygen atoms in total. The Bertz CT molecular complexity index is 424. The van der Waals surface area contributed by atoms with E-state index in [1.165, 1.54) is 0 Å². The van der Waals surface area contributed by atoms with Crippen LogP contribution < -0.4 is 10.5 Å². The highest BCUT2D eigenvalue weighted by atomic mass is 19.3. The first-order valence-corrected chi connectivity index (χ1v) is 4.67. The fraction of sp³-hybridized carbons (Fsp3) is 0.300. The zero-order valence-electron chi connectivity index (χ0n) is 8.88. The lowest BCUT2D eigenvalue weighted by Gasteiger charge is -2.11. The number of esters is 1. The van der Waals surface area contributed by atoms with Crippen LogP contribution in [-0.4, -0.2) is 19.2 Å². The smallest absolute Gasteiger partial charge is 0.387 e. The second-order valence-corrected chi connectivity index (χ2v) is 2.94. The number of hydrogen-bond acceptors (Lipinski definition) is 4. The summed E-state index contributed by atoms with van der Waals surface area (Å²) in [5, 5.41) is 0. The number of benzene rings is 1. The van der Waals surface area contributed by atoms with Gasteiger partial charge in [0.15, 0.2) is 11.6 Å². The van der Waals surface area contributed by atoms with Crippen molar-refractivity contribution in [3.05, 3.63) is 23.5 Å². The van der Waals surface area contributed by atoms with Crippen LogP contribution in [0.15, 0.2) is 12.1 Å². The van der Waals surface area contributed by atoms with E-state index in [1.807, 2.05) is 0 Å². The average Bonchev–Trinajstić information content (AvgIpc) is 2.24. The van der Waals surface area contributed by atoms with Crippen molar-refractivity contribution in [2.24, 2.45) is 0 Å². The molecule has 0 atom stereocenters. The van der Waals surface area contributed by atoms with Gasteiger partial charge in [-0.05, 0) is 19.1 Å². The minimum Gasteiger partial charge on any atom is -0.462 e. The maximum absolute atomic E-state index is 13.1. The summed E-state index contributed by atoms with van der Waals surface area (Å²) < 4.78 is 45.7.